The smallest absolute Gasteiger partial charge is 0.341 e. The number of hydrogen-bond donors (Lipinski definition) is 1. The second kappa shape index (κ2) is 4.31. The molecule has 0 aliphatic heterocycles. The number of carboxylic acids is 1. The van der Waals surface area contributed by atoms with Crippen molar-refractivity contribution in [2.24, 2.45) is 7.05 Å². The molecule has 2 heterocycles. The molecule has 0 unspecified atom stereocenters. The fraction of sp³-hybridized carbons (Fsp3) is 0.133. The first kappa shape index (κ1) is 13.1. The lowest BCUT2D eigenvalue weighted by Gasteiger charge is -2.07. The summed E-state index contributed by atoms with van der Waals surface area (Å²) in [6.45, 7) is 1.84. The fourth-order valence-electron chi connectivity index (χ4n) is 2.32. The molecule has 6 nitrogen and oxygen atoms in total. The topological polar surface area (TPSA) is 89.5 Å². The van der Waals surface area contributed by atoms with E-state index < -0.39 is 17.1 Å². The number of aromatic nitrogens is 1. The van der Waals surface area contributed by atoms with Crippen molar-refractivity contribution in [3.05, 3.63) is 56.0 Å². The highest BCUT2D eigenvalue weighted by molar-refractivity contribution is 5.94. The number of nitrogens with zero attached hydrogens (tertiary/aromatic N) is 1. The third-order valence-electron chi connectivity index (χ3n) is 3.42. The Morgan fingerprint density at radius 2 is 1.90 bits per heavy atom. The molecule has 0 radical (unpaired) electrons. The highest BCUT2D eigenvalue weighted by Gasteiger charge is 2.17. The number of carboxylic acid groups (broad SMARTS) is 1. The molecule has 0 aliphatic carbocycles. The average Bonchev–Trinajstić information content (AvgIpc) is 2.44. The van der Waals surface area contributed by atoms with Crippen molar-refractivity contribution in [2.75, 3.05) is 0 Å². The minimum absolute atomic E-state index is 0.0614. The first-order valence-corrected chi connectivity index (χ1v) is 6.20. The van der Waals surface area contributed by atoms with Crippen LogP contribution in [0, 0.1) is 6.92 Å². The zero-order valence-electron chi connectivity index (χ0n) is 11.3. The predicted octanol–water partition coefficient (Wildman–Crippen LogP) is 1.65. The normalized spacial score (nSPS) is 11.1. The van der Waals surface area contributed by atoms with Gasteiger partial charge in [0.25, 0.3) is 5.56 Å². The molecule has 21 heavy (non-hydrogen) atoms. The van der Waals surface area contributed by atoms with E-state index in [4.69, 9.17) is 9.52 Å². The summed E-state index contributed by atoms with van der Waals surface area (Å²) in [4.78, 5) is 35.6. The van der Waals surface area contributed by atoms with Crippen molar-refractivity contribution in [2.45, 2.75) is 6.92 Å². The van der Waals surface area contributed by atoms with Crippen LogP contribution in [0.4, 0.5) is 0 Å². The molecule has 0 saturated carbocycles. The Kier molecular flexibility index (Phi) is 2.69. The van der Waals surface area contributed by atoms with E-state index in [1.807, 2.05) is 6.92 Å². The lowest BCUT2D eigenvalue weighted by atomic mass is 10.1. The van der Waals surface area contributed by atoms with Crippen molar-refractivity contribution in [1.82, 2.24) is 4.57 Å². The maximum absolute atomic E-state index is 12.5. The van der Waals surface area contributed by atoms with E-state index in [1.165, 1.54) is 7.05 Å². The van der Waals surface area contributed by atoms with Crippen LogP contribution in [-0.2, 0) is 7.05 Å². The van der Waals surface area contributed by atoms with Crippen LogP contribution in [0.25, 0.3) is 22.1 Å². The van der Waals surface area contributed by atoms with E-state index in [9.17, 15) is 14.4 Å². The Hall–Kier alpha value is -2.89. The second-order valence-corrected chi connectivity index (χ2v) is 4.88. The number of aryl methyl sites for hydroxylation is 2. The van der Waals surface area contributed by atoms with Gasteiger partial charge in [0.1, 0.15) is 11.1 Å². The first-order valence-electron chi connectivity index (χ1n) is 6.20. The van der Waals surface area contributed by atoms with Gasteiger partial charge in [0.2, 0.25) is 11.1 Å². The van der Waals surface area contributed by atoms with Crippen LogP contribution in [0.1, 0.15) is 15.9 Å². The number of fused-ring (bicyclic) bond motifs is 2. The molecule has 106 valence electrons. The molecule has 0 atom stereocenters. The minimum atomic E-state index is -1.37. The van der Waals surface area contributed by atoms with E-state index in [0.29, 0.717) is 11.0 Å². The Morgan fingerprint density at radius 1 is 1.19 bits per heavy atom. The molecular weight excluding hydrogens is 274 g/mol. The minimum Gasteiger partial charge on any atom is -0.477 e. The standard InChI is InChI=1S/C15H11NO5/c1-7-3-4-11-8(5-7)12(17)9-6-10(15(19)20)13(18)16(2)14(9)21-11/h3-6H,1-2H3,(H,19,20). The second-order valence-electron chi connectivity index (χ2n) is 4.88. The van der Waals surface area contributed by atoms with Gasteiger partial charge in [-0.1, -0.05) is 11.6 Å². The number of carbonyl (C=O) groups is 1. The van der Waals surface area contributed by atoms with Crippen LogP contribution in [0.3, 0.4) is 0 Å². The highest BCUT2D eigenvalue weighted by atomic mass is 16.4. The van der Waals surface area contributed by atoms with E-state index >= 15 is 0 Å². The Labute approximate surface area is 117 Å². The van der Waals surface area contributed by atoms with Gasteiger partial charge in [-0.2, -0.15) is 0 Å². The molecule has 0 bridgehead atoms. The van der Waals surface area contributed by atoms with Gasteiger partial charge in [-0.25, -0.2) is 4.79 Å². The van der Waals surface area contributed by atoms with Crippen LogP contribution < -0.4 is 11.0 Å². The first-order chi connectivity index (χ1) is 9.90. The number of aromatic carboxylic acids is 1. The maximum atomic E-state index is 12.5. The van der Waals surface area contributed by atoms with Crippen molar-refractivity contribution in [3.63, 3.8) is 0 Å². The molecule has 3 rings (SSSR count). The van der Waals surface area contributed by atoms with Gasteiger partial charge >= 0.3 is 5.97 Å². The quantitative estimate of drug-likeness (QED) is 0.687. The summed E-state index contributed by atoms with van der Waals surface area (Å²) in [6, 6.07) is 6.20. The van der Waals surface area contributed by atoms with Crippen LogP contribution >= 0.6 is 0 Å². The zero-order chi connectivity index (χ0) is 15.3. The van der Waals surface area contributed by atoms with Gasteiger partial charge in [-0.15, -0.1) is 0 Å². The molecular formula is C15H11NO5. The van der Waals surface area contributed by atoms with Gasteiger partial charge in [-0.3, -0.25) is 14.2 Å². The van der Waals surface area contributed by atoms with Crippen LogP contribution in [0.5, 0.6) is 0 Å². The summed E-state index contributed by atoms with van der Waals surface area (Å²) >= 11 is 0. The van der Waals surface area contributed by atoms with Crippen molar-refractivity contribution < 1.29 is 14.3 Å². The van der Waals surface area contributed by atoms with Gasteiger partial charge < -0.3 is 9.52 Å². The molecule has 0 amide bonds. The summed E-state index contributed by atoms with van der Waals surface area (Å²) in [7, 11) is 1.38. The van der Waals surface area contributed by atoms with E-state index in [1.54, 1.807) is 18.2 Å². The van der Waals surface area contributed by atoms with E-state index in [-0.39, 0.29) is 16.5 Å². The van der Waals surface area contributed by atoms with Crippen LogP contribution in [-0.4, -0.2) is 15.6 Å². The van der Waals surface area contributed by atoms with E-state index in [2.05, 4.69) is 0 Å². The van der Waals surface area contributed by atoms with Crippen molar-refractivity contribution in [3.8, 4) is 0 Å². The lowest BCUT2D eigenvalue weighted by Crippen LogP contribution is -2.25. The molecule has 6 heteroatoms. The van der Waals surface area contributed by atoms with Crippen LogP contribution in [0.15, 0.2) is 38.3 Å². The highest BCUT2D eigenvalue weighted by Crippen LogP contribution is 2.18. The largest absolute Gasteiger partial charge is 0.477 e. The third kappa shape index (κ3) is 1.84. The predicted molar refractivity (Wildman–Crippen MR) is 76.9 cm³/mol. The molecule has 0 spiro atoms. The number of rotatable bonds is 1. The van der Waals surface area contributed by atoms with Gasteiger partial charge in [0.05, 0.1) is 10.8 Å². The molecule has 1 aromatic carbocycles. The lowest BCUT2D eigenvalue weighted by molar-refractivity contribution is 0.0694. The number of hydrogen-bond acceptors (Lipinski definition) is 4. The zero-order valence-corrected chi connectivity index (χ0v) is 11.3. The Balaban J connectivity index is 2.61. The number of benzene rings is 1. The number of pyridine rings is 1. The van der Waals surface area contributed by atoms with Crippen LogP contribution in [0.2, 0.25) is 0 Å². The van der Waals surface area contributed by atoms with Gasteiger partial charge in [0, 0.05) is 7.05 Å². The summed E-state index contributed by atoms with van der Waals surface area (Å²) in [5, 5.41) is 9.49. The van der Waals surface area contributed by atoms with Gasteiger partial charge in [0.15, 0.2) is 0 Å². The molecule has 1 N–H and O–H groups in total. The molecule has 0 saturated heterocycles. The van der Waals surface area contributed by atoms with Crippen molar-refractivity contribution in [1.29, 1.82) is 0 Å². The molecule has 0 fully saturated rings. The average molecular weight is 285 g/mol. The third-order valence-corrected chi connectivity index (χ3v) is 3.42. The fourth-order valence-corrected chi connectivity index (χ4v) is 2.32. The SMILES string of the molecule is Cc1ccc2oc3c(cc(C(=O)O)c(=O)n3C)c(=O)c2c1. The Morgan fingerprint density at radius 3 is 2.57 bits per heavy atom. The monoisotopic (exact) mass is 285 g/mol. The molecule has 2 aromatic heterocycles. The van der Waals surface area contributed by atoms with Gasteiger partial charge in [-0.05, 0) is 25.1 Å². The maximum Gasteiger partial charge on any atom is 0.341 e. The molecule has 3 aromatic rings. The van der Waals surface area contributed by atoms with Crippen molar-refractivity contribution >= 4 is 28.0 Å². The summed E-state index contributed by atoms with van der Waals surface area (Å²) in [5.74, 6) is -1.37. The Bertz CT molecular complexity index is 1030. The summed E-state index contributed by atoms with van der Waals surface area (Å²) in [6.07, 6.45) is 0. The van der Waals surface area contributed by atoms with E-state index in [0.717, 1.165) is 16.2 Å². The summed E-state index contributed by atoms with van der Waals surface area (Å²) < 4.78 is 6.64. The molecule has 0 aliphatic rings. The summed E-state index contributed by atoms with van der Waals surface area (Å²) in [5.41, 5.74) is -0.220.